The molecule has 0 saturated carbocycles. The van der Waals surface area contributed by atoms with Crippen molar-refractivity contribution >= 4 is 23.5 Å². The van der Waals surface area contributed by atoms with Crippen LogP contribution in [0.3, 0.4) is 0 Å². The number of rotatable bonds is 8. The van der Waals surface area contributed by atoms with Gasteiger partial charge in [-0.2, -0.15) is 0 Å². The number of hydrogen-bond donors (Lipinski definition) is 1. The Hall–Kier alpha value is -4.75. The first-order valence-electron chi connectivity index (χ1n) is 11.3. The zero-order chi connectivity index (χ0) is 26.1. The van der Waals surface area contributed by atoms with E-state index in [-0.39, 0.29) is 49.4 Å². The lowest BCUT2D eigenvalue weighted by Gasteiger charge is -2.22. The Morgan fingerprint density at radius 2 is 2.14 bits per heavy atom. The smallest absolute Gasteiger partial charge is 0.414 e. The molecule has 1 fully saturated rings. The third-order valence-electron chi connectivity index (χ3n) is 5.90. The Bertz CT molecular complexity index is 1360. The predicted octanol–water partition coefficient (Wildman–Crippen LogP) is 2.42. The van der Waals surface area contributed by atoms with E-state index in [9.17, 15) is 24.1 Å². The Morgan fingerprint density at radius 1 is 1.30 bits per heavy atom. The molecule has 2 unspecified atom stereocenters. The Morgan fingerprint density at radius 3 is 2.84 bits per heavy atom. The number of fused-ring (bicyclic) bond motifs is 1. The molecule has 4 heterocycles. The van der Waals surface area contributed by atoms with E-state index in [2.05, 4.69) is 9.97 Å². The Labute approximate surface area is 208 Å². The number of imidazole rings is 1. The minimum absolute atomic E-state index is 0.0900. The van der Waals surface area contributed by atoms with Crippen LogP contribution in [0.4, 0.5) is 20.7 Å². The average Bonchev–Trinajstić information content (AvgIpc) is 3.46. The Balaban J connectivity index is 1.23. The summed E-state index contributed by atoms with van der Waals surface area (Å²) in [5.74, 6) is -1.08. The van der Waals surface area contributed by atoms with Crippen LogP contribution in [0, 0.1) is 15.9 Å². The van der Waals surface area contributed by atoms with Gasteiger partial charge in [-0.15, -0.1) is 0 Å². The fourth-order valence-corrected chi connectivity index (χ4v) is 4.10. The van der Waals surface area contributed by atoms with Crippen molar-refractivity contribution in [1.82, 2.24) is 14.5 Å². The van der Waals surface area contributed by atoms with Gasteiger partial charge in [0.15, 0.2) is 6.10 Å². The molecule has 2 aliphatic rings. The summed E-state index contributed by atoms with van der Waals surface area (Å²) in [4.78, 5) is 42.8. The molecular formula is C23H21FN6O7. The molecule has 2 amide bonds. The van der Waals surface area contributed by atoms with E-state index in [1.165, 1.54) is 34.0 Å². The second-order valence-electron chi connectivity index (χ2n) is 8.51. The molecule has 192 valence electrons. The fourth-order valence-electron chi connectivity index (χ4n) is 4.10. The number of benzene rings is 1. The van der Waals surface area contributed by atoms with Crippen molar-refractivity contribution in [3.63, 3.8) is 0 Å². The molecule has 1 saturated heterocycles. The summed E-state index contributed by atoms with van der Waals surface area (Å²) in [5.41, 5.74) is 6.24. The van der Waals surface area contributed by atoms with Crippen molar-refractivity contribution in [2.75, 3.05) is 18.1 Å². The number of nitro groups is 1. The molecule has 2 atom stereocenters. The molecule has 37 heavy (non-hydrogen) atoms. The highest BCUT2D eigenvalue weighted by atomic mass is 19.1. The highest BCUT2D eigenvalue weighted by molar-refractivity contribution is 5.90. The average molecular weight is 512 g/mol. The predicted molar refractivity (Wildman–Crippen MR) is 124 cm³/mol. The first-order chi connectivity index (χ1) is 17.8. The lowest BCUT2D eigenvalue weighted by Crippen LogP contribution is -2.34. The van der Waals surface area contributed by atoms with E-state index in [4.69, 9.17) is 19.9 Å². The largest absolute Gasteiger partial charge is 0.469 e. The number of nitrogens with two attached hydrogens (primary N) is 1. The maximum atomic E-state index is 15.0. The number of primary amides is 1. The molecule has 2 aliphatic heterocycles. The SMILES string of the molecule is NC(=O)CCC1CN(c2ccc(-c3ccc(OC4COc5nc([N+](=O)[O-])cn5C4)nc3)c(F)c2)C(=O)O1. The summed E-state index contributed by atoms with van der Waals surface area (Å²) in [5, 5.41) is 10.9. The maximum absolute atomic E-state index is 15.0. The van der Waals surface area contributed by atoms with E-state index in [0.29, 0.717) is 17.7 Å². The minimum Gasteiger partial charge on any atom is -0.469 e. The molecule has 3 aromatic rings. The van der Waals surface area contributed by atoms with E-state index in [1.807, 2.05) is 0 Å². The van der Waals surface area contributed by atoms with Gasteiger partial charge in [0, 0.05) is 34.8 Å². The van der Waals surface area contributed by atoms with Crippen molar-refractivity contribution in [1.29, 1.82) is 0 Å². The van der Waals surface area contributed by atoms with Gasteiger partial charge in [-0.3, -0.25) is 14.3 Å². The molecular weight excluding hydrogens is 491 g/mol. The van der Waals surface area contributed by atoms with Gasteiger partial charge in [0.05, 0.1) is 18.8 Å². The molecule has 1 aromatic carbocycles. The number of ether oxygens (including phenoxy) is 3. The van der Waals surface area contributed by atoms with Crippen LogP contribution < -0.4 is 20.1 Å². The van der Waals surface area contributed by atoms with Crippen LogP contribution in [0.25, 0.3) is 11.1 Å². The molecule has 0 aliphatic carbocycles. The summed E-state index contributed by atoms with van der Waals surface area (Å²) >= 11 is 0. The topological polar surface area (TPSA) is 165 Å². The van der Waals surface area contributed by atoms with Gasteiger partial charge >= 0.3 is 17.9 Å². The molecule has 0 spiro atoms. The summed E-state index contributed by atoms with van der Waals surface area (Å²) < 4.78 is 32.9. The molecule has 13 nitrogen and oxygen atoms in total. The van der Waals surface area contributed by atoms with Gasteiger partial charge in [0.25, 0.3) is 0 Å². The van der Waals surface area contributed by atoms with E-state index >= 15 is 0 Å². The number of halogens is 1. The number of cyclic esters (lactones) is 1. The molecule has 14 heteroatoms. The maximum Gasteiger partial charge on any atom is 0.414 e. The van der Waals surface area contributed by atoms with Crippen molar-refractivity contribution in [2.24, 2.45) is 5.73 Å². The van der Waals surface area contributed by atoms with Crippen LogP contribution in [-0.2, 0) is 16.1 Å². The second-order valence-corrected chi connectivity index (χ2v) is 8.51. The van der Waals surface area contributed by atoms with Crippen LogP contribution in [-0.4, -0.2) is 56.8 Å². The van der Waals surface area contributed by atoms with Crippen molar-refractivity contribution < 1.29 is 33.1 Å². The zero-order valence-electron chi connectivity index (χ0n) is 19.3. The summed E-state index contributed by atoms with van der Waals surface area (Å²) in [6.45, 7) is 0.616. The van der Waals surface area contributed by atoms with Gasteiger partial charge in [-0.25, -0.2) is 14.2 Å². The minimum atomic E-state index is -0.617. The van der Waals surface area contributed by atoms with Crippen LogP contribution in [0.1, 0.15) is 12.8 Å². The lowest BCUT2D eigenvalue weighted by molar-refractivity contribution is -0.389. The van der Waals surface area contributed by atoms with Crippen molar-refractivity contribution in [3.05, 3.63) is 58.7 Å². The highest BCUT2D eigenvalue weighted by Gasteiger charge is 2.33. The lowest BCUT2D eigenvalue weighted by atomic mass is 10.1. The number of aromatic nitrogens is 3. The van der Waals surface area contributed by atoms with Crippen molar-refractivity contribution in [2.45, 2.75) is 31.6 Å². The monoisotopic (exact) mass is 512 g/mol. The van der Waals surface area contributed by atoms with Crippen LogP contribution in [0.15, 0.2) is 42.7 Å². The van der Waals surface area contributed by atoms with Crippen LogP contribution in [0.5, 0.6) is 11.9 Å². The van der Waals surface area contributed by atoms with Crippen LogP contribution >= 0.6 is 0 Å². The molecule has 2 aromatic heterocycles. The quantitative estimate of drug-likeness (QED) is 0.352. The normalized spacial score (nSPS) is 18.6. The van der Waals surface area contributed by atoms with E-state index in [0.717, 1.165) is 0 Å². The standard InChI is InChI=1S/C23H21FN6O7/c24-18-7-14(29-10-15(37-23(29)32)3-5-19(25)31)2-4-17(18)13-1-6-21(26-8-13)36-16-9-28-11-20(30(33)34)27-22(28)35-12-16/h1-2,4,6-8,11,15-16H,3,5,9-10,12H2,(H2,25,31). The molecule has 0 radical (unpaired) electrons. The molecule has 2 N–H and O–H groups in total. The molecule has 0 bridgehead atoms. The summed E-state index contributed by atoms with van der Waals surface area (Å²) in [6.07, 6.45) is 1.55. The summed E-state index contributed by atoms with van der Waals surface area (Å²) in [6, 6.07) is 7.74. The number of pyridine rings is 1. The van der Waals surface area contributed by atoms with Gasteiger partial charge in [-0.05, 0) is 35.6 Å². The van der Waals surface area contributed by atoms with Gasteiger partial charge in [0.1, 0.15) is 24.7 Å². The molecule has 5 rings (SSSR count). The fraction of sp³-hybridized carbons (Fsp3) is 0.304. The van der Waals surface area contributed by atoms with Gasteiger partial charge in [-0.1, -0.05) is 0 Å². The third-order valence-corrected chi connectivity index (χ3v) is 5.90. The number of carbonyl (C=O) groups is 2. The number of hydrogen-bond acceptors (Lipinski definition) is 9. The number of carbonyl (C=O) groups excluding carboxylic acids is 2. The zero-order valence-corrected chi connectivity index (χ0v) is 19.3. The second kappa shape index (κ2) is 9.72. The van der Waals surface area contributed by atoms with Gasteiger partial charge < -0.3 is 30.1 Å². The first-order valence-corrected chi connectivity index (χ1v) is 11.3. The number of amides is 2. The number of anilines is 1. The Kier molecular flexibility index (Phi) is 6.29. The third kappa shape index (κ3) is 5.12. The number of nitrogens with zero attached hydrogens (tertiary/aromatic N) is 5. The highest BCUT2D eigenvalue weighted by Crippen LogP contribution is 2.30. The van der Waals surface area contributed by atoms with E-state index < -0.39 is 34.9 Å². The first kappa shape index (κ1) is 24.0. The van der Waals surface area contributed by atoms with Crippen LogP contribution in [0.2, 0.25) is 0 Å². The summed E-state index contributed by atoms with van der Waals surface area (Å²) in [7, 11) is 0. The van der Waals surface area contributed by atoms with Gasteiger partial charge in [0.2, 0.25) is 11.8 Å². The van der Waals surface area contributed by atoms with E-state index in [1.54, 1.807) is 18.2 Å². The van der Waals surface area contributed by atoms with Crippen molar-refractivity contribution in [3.8, 4) is 23.0 Å².